The molecule has 0 rings (SSSR count). The van der Waals surface area contributed by atoms with Gasteiger partial charge in [0.25, 0.3) is 0 Å². The number of carbonyl (C=O) groups is 3. The van der Waals surface area contributed by atoms with Crippen LogP contribution in [0.2, 0.25) is 0 Å². The number of unbranched alkanes of at least 4 members (excludes halogenated alkanes) is 39. The molecule has 6 nitrogen and oxygen atoms in total. The summed E-state index contributed by atoms with van der Waals surface area (Å²) in [5.41, 5.74) is 0. The molecule has 0 aliphatic heterocycles. The van der Waals surface area contributed by atoms with E-state index in [1.165, 1.54) is 212 Å². The van der Waals surface area contributed by atoms with Gasteiger partial charge in [-0.25, -0.2) is 0 Å². The van der Waals surface area contributed by atoms with E-state index in [1.54, 1.807) is 0 Å². The highest BCUT2D eigenvalue weighted by atomic mass is 16.6. The van der Waals surface area contributed by atoms with Gasteiger partial charge in [0, 0.05) is 19.3 Å². The molecule has 0 N–H and O–H groups in total. The first-order valence-electron chi connectivity index (χ1n) is 35.1. The van der Waals surface area contributed by atoms with Crippen molar-refractivity contribution in [3.63, 3.8) is 0 Å². The van der Waals surface area contributed by atoms with E-state index in [1.807, 2.05) is 0 Å². The molecule has 0 aromatic rings. The summed E-state index contributed by atoms with van der Waals surface area (Å²) in [6, 6.07) is 0. The quantitative estimate of drug-likeness (QED) is 0.0261. The highest BCUT2D eigenvalue weighted by Crippen LogP contribution is 2.18. The molecule has 468 valence electrons. The molecule has 6 heteroatoms. The standard InChI is InChI=1S/C75H132O6/c1-4-7-10-13-16-19-22-24-26-28-30-31-32-33-34-35-36-37-38-39-40-41-42-43-45-46-48-50-53-56-59-62-65-68-74(77)80-71-72(70-79-73(76)67-64-61-58-55-52-21-18-15-12-9-6-3)81-75(78)69-66-63-60-57-54-51-49-47-44-29-27-25-23-20-17-14-11-8-5-2/h7,10,15-16,18-19,24,26,30-31,33-34,36-37,72H,4-6,8-9,11-14,17,20-23,25,27-29,32,35,38-71H2,1-3H3/b10-7-,18-15-,19-16-,26-24-,31-30-,34-33-,37-36-. The van der Waals surface area contributed by atoms with Gasteiger partial charge in [-0.1, -0.05) is 331 Å². The second kappa shape index (κ2) is 69.1. The Labute approximate surface area is 503 Å². The molecule has 0 bridgehead atoms. The predicted molar refractivity (Wildman–Crippen MR) is 353 cm³/mol. The van der Waals surface area contributed by atoms with Gasteiger partial charge in [0.2, 0.25) is 0 Å². The Morgan fingerprint density at radius 1 is 0.259 bits per heavy atom. The molecule has 0 heterocycles. The summed E-state index contributed by atoms with van der Waals surface area (Å²) in [4.78, 5) is 38.3. The Morgan fingerprint density at radius 3 is 0.802 bits per heavy atom. The molecule has 0 aliphatic carbocycles. The number of rotatable bonds is 64. The van der Waals surface area contributed by atoms with Crippen molar-refractivity contribution in [3.05, 3.63) is 85.1 Å². The predicted octanol–water partition coefficient (Wildman–Crippen LogP) is 24.2. The van der Waals surface area contributed by atoms with Gasteiger partial charge in [-0.3, -0.25) is 14.4 Å². The number of allylic oxidation sites excluding steroid dienone is 14. The monoisotopic (exact) mass is 1130 g/mol. The number of esters is 3. The lowest BCUT2D eigenvalue weighted by Crippen LogP contribution is -2.30. The summed E-state index contributed by atoms with van der Waals surface area (Å²) in [6.45, 7) is 6.53. The average Bonchev–Trinajstić information content (AvgIpc) is 3.47. The van der Waals surface area contributed by atoms with Gasteiger partial charge in [0.1, 0.15) is 13.2 Å². The molecule has 0 radical (unpaired) electrons. The van der Waals surface area contributed by atoms with Crippen LogP contribution in [0.1, 0.15) is 355 Å². The summed E-state index contributed by atoms with van der Waals surface area (Å²) in [5.74, 6) is -0.865. The summed E-state index contributed by atoms with van der Waals surface area (Å²) in [5, 5.41) is 0. The first kappa shape index (κ1) is 77.6. The minimum absolute atomic E-state index is 0.0744. The van der Waals surface area contributed by atoms with Gasteiger partial charge in [-0.2, -0.15) is 0 Å². The Kier molecular flexibility index (Phi) is 66.2. The minimum Gasteiger partial charge on any atom is -0.462 e. The van der Waals surface area contributed by atoms with Crippen LogP contribution in [-0.4, -0.2) is 37.2 Å². The van der Waals surface area contributed by atoms with E-state index in [9.17, 15) is 14.4 Å². The van der Waals surface area contributed by atoms with Crippen molar-refractivity contribution in [2.24, 2.45) is 0 Å². The van der Waals surface area contributed by atoms with Crippen LogP contribution in [0, 0.1) is 0 Å². The molecule has 0 aliphatic rings. The molecule has 0 amide bonds. The maximum atomic E-state index is 12.9. The minimum atomic E-state index is -0.777. The van der Waals surface area contributed by atoms with Crippen LogP contribution in [-0.2, 0) is 28.6 Å². The highest BCUT2D eigenvalue weighted by molar-refractivity contribution is 5.71. The Morgan fingerprint density at radius 2 is 0.494 bits per heavy atom. The summed E-state index contributed by atoms with van der Waals surface area (Å²) < 4.78 is 16.9. The topological polar surface area (TPSA) is 78.9 Å². The zero-order chi connectivity index (χ0) is 58.5. The van der Waals surface area contributed by atoms with Crippen LogP contribution in [0.5, 0.6) is 0 Å². The van der Waals surface area contributed by atoms with Gasteiger partial charge in [-0.05, 0) is 89.9 Å². The van der Waals surface area contributed by atoms with E-state index in [0.29, 0.717) is 19.3 Å². The van der Waals surface area contributed by atoms with Gasteiger partial charge in [-0.15, -0.1) is 0 Å². The molecule has 81 heavy (non-hydrogen) atoms. The van der Waals surface area contributed by atoms with E-state index in [-0.39, 0.29) is 31.1 Å². The van der Waals surface area contributed by atoms with Gasteiger partial charge in [0.05, 0.1) is 0 Å². The number of hydrogen-bond donors (Lipinski definition) is 0. The van der Waals surface area contributed by atoms with Crippen LogP contribution in [0.3, 0.4) is 0 Å². The first-order chi connectivity index (χ1) is 40.0. The summed E-state index contributed by atoms with van der Waals surface area (Å²) in [7, 11) is 0. The zero-order valence-electron chi connectivity index (χ0n) is 53.8. The van der Waals surface area contributed by atoms with E-state index < -0.39 is 6.10 Å². The SMILES string of the molecule is CC/C=C\C/C=C\C/C=C\C/C=C\C/C=C\C/C=C\CCCCCCCCCCCCCCCCC(=O)OCC(COC(=O)CCCCCCC/C=C\CCCC)OC(=O)CCCCCCCCCCCCCCCCCCCCC. The second-order valence-electron chi connectivity index (χ2n) is 23.4. The van der Waals surface area contributed by atoms with Crippen LogP contribution < -0.4 is 0 Å². The second-order valence-corrected chi connectivity index (χ2v) is 23.4. The fourth-order valence-electron chi connectivity index (χ4n) is 10.1. The van der Waals surface area contributed by atoms with E-state index >= 15 is 0 Å². The van der Waals surface area contributed by atoms with Crippen LogP contribution in [0.15, 0.2) is 85.1 Å². The molecule has 0 saturated carbocycles. The Balaban J connectivity index is 4.15. The third kappa shape index (κ3) is 67.3. The van der Waals surface area contributed by atoms with Crippen LogP contribution >= 0.6 is 0 Å². The molecular formula is C75H132O6. The molecule has 0 fully saturated rings. The zero-order valence-corrected chi connectivity index (χ0v) is 53.8. The highest BCUT2D eigenvalue weighted by Gasteiger charge is 2.19. The van der Waals surface area contributed by atoms with Gasteiger partial charge >= 0.3 is 17.9 Å². The summed E-state index contributed by atoms with van der Waals surface area (Å²) in [6.07, 6.45) is 91.9. The average molecular weight is 1130 g/mol. The molecule has 0 saturated heterocycles. The van der Waals surface area contributed by atoms with Gasteiger partial charge < -0.3 is 14.2 Å². The van der Waals surface area contributed by atoms with Crippen molar-refractivity contribution in [1.29, 1.82) is 0 Å². The lowest BCUT2D eigenvalue weighted by molar-refractivity contribution is -0.167. The van der Waals surface area contributed by atoms with Crippen molar-refractivity contribution >= 4 is 17.9 Å². The van der Waals surface area contributed by atoms with Gasteiger partial charge in [0.15, 0.2) is 6.10 Å². The smallest absolute Gasteiger partial charge is 0.306 e. The Bertz CT molecular complexity index is 1530. The molecule has 1 unspecified atom stereocenters. The molecular weight excluding hydrogens is 997 g/mol. The fourth-order valence-corrected chi connectivity index (χ4v) is 10.1. The fraction of sp³-hybridized carbons (Fsp3) is 0.773. The van der Waals surface area contributed by atoms with E-state index in [4.69, 9.17) is 14.2 Å². The van der Waals surface area contributed by atoms with E-state index in [0.717, 1.165) is 103 Å². The molecule has 0 aromatic heterocycles. The maximum Gasteiger partial charge on any atom is 0.306 e. The van der Waals surface area contributed by atoms with Crippen molar-refractivity contribution in [2.45, 2.75) is 361 Å². The van der Waals surface area contributed by atoms with Crippen molar-refractivity contribution in [1.82, 2.24) is 0 Å². The Hall–Kier alpha value is -3.41. The molecule has 1 atom stereocenters. The lowest BCUT2D eigenvalue weighted by atomic mass is 10.0. The van der Waals surface area contributed by atoms with Crippen LogP contribution in [0.25, 0.3) is 0 Å². The third-order valence-electron chi connectivity index (χ3n) is 15.4. The largest absolute Gasteiger partial charge is 0.462 e. The number of carbonyl (C=O) groups excluding carboxylic acids is 3. The molecule has 0 aromatic carbocycles. The molecule has 0 spiro atoms. The van der Waals surface area contributed by atoms with E-state index in [2.05, 4.69) is 106 Å². The van der Waals surface area contributed by atoms with Crippen molar-refractivity contribution < 1.29 is 28.6 Å². The number of hydrogen-bond acceptors (Lipinski definition) is 6. The van der Waals surface area contributed by atoms with Crippen molar-refractivity contribution in [3.8, 4) is 0 Å². The maximum absolute atomic E-state index is 12.9. The number of ether oxygens (including phenoxy) is 3. The van der Waals surface area contributed by atoms with Crippen molar-refractivity contribution in [2.75, 3.05) is 13.2 Å². The summed E-state index contributed by atoms with van der Waals surface area (Å²) >= 11 is 0. The van der Waals surface area contributed by atoms with Crippen LogP contribution in [0.4, 0.5) is 0 Å². The normalized spacial score (nSPS) is 12.6. The first-order valence-corrected chi connectivity index (χ1v) is 35.1. The third-order valence-corrected chi connectivity index (χ3v) is 15.4. The lowest BCUT2D eigenvalue weighted by Gasteiger charge is -2.18.